The third-order valence-electron chi connectivity index (χ3n) is 2.56. The molecule has 9 heteroatoms. The molecule has 0 atom stereocenters. The number of carbonyl (C=O) groups is 1. The van der Waals surface area contributed by atoms with Gasteiger partial charge in [0.15, 0.2) is 0 Å². The third kappa shape index (κ3) is 4.73. The quantitative estimate of drug-likeness (QED) is 0.763. The predicted molar refractivity (Wildman–Crippen MR) is 79.3 cm³/mol. The molecule has 0 fully saturated rings. The summed E-state index contributed by atoms with van der Waals surface area (Å²) in [6.45, 7) is 2.02. The van der Waals surface area contributed by atoms with Gasteiger partial charge >= 0.3 is 5.97 Å². The number of esters is 1. The maximum absolute atomic E-state index is 11.8. The van der Waals surface area contributed by atoms with Crippen molar-refractivity contribution in [1.29, 1.82) is 0 Å². The average molecular weight is 329 g/mol. The number of hydrogen-bond donors (Lipinski definition) is 1. The van der Waals surface area contributed by atoms with Crippen LogP contribution in [0.15, 0.2) is 18.5 Å². The molecule has 0 saturated carbocycles. The van der Waals surface area contributed by atoms with E-state index in [2.05, 4.69) is 14.7 Å². The Bertz CT molecular complexity index is 694. The van der Waals surface area contributed by atoms with E-state index >= 15 is 0 Å². The molecule has 0 saturated heterocycles. The van der Waals surface area contributed by atoms with Crippen molar-refractivity contribution < 1.29 is 17.9 Å². The summed E-state index contributed by atoms with van der Waals surface area (Å²) in [7, 11) is -3.53. The van der Waals surface area contributed by atoms with Gasteiger partial charge < -0.3 is 4.74 Å². The minimum atomic E-state index is -3.53. The van der Waals surface area contributed by atoms with Gasteiger partial charge in [-0.3, -0.25) is 9.78 Å². The summed E-state index contributed by atoms with van der Waals surface area (Å²) in [5.41, 5.74) is 0.739. The molecule has 2 heterocycles. The van der Waals surface area contributed by atoms with Crippen LogP contribution in [0.2, 0.25) is 0 Å². The molecule has 0 aliphatic rings. The van der Waals surface area contributed by atoms with Crippen molar-refractivity contribution >= 4 is 37.5 Å². The Morgan fingerprint density at radius 3 is 3.00 bits per heavy atom. The normalized spacial score (nSPS) is 11.7. The highest BCUT2D eigenvalue weighted by atomic mass is 32.2. The molecule has 0 unspecified atom stereocenters. The van der Waals surface area contributed by atoms with Gasteiger partial charge in [0.1, 0.15) is 5.01 Å². The number of nitrogens with one attached hydrogen (secondary N) is 1. The smallest absolute Gasteiger partial charge is 0.306 e. The molecule has 2 rings (SSSR count). The van der Waals surface area contributed by atoms with Crippen LogP contribution < -0.4 is 4.72 Å². The number of rotatable bonds is 7. The molecule has 0 aliphatic carbocycles. The number of pyridine rings is 1. The number of aromatic nitrogens is 2. The van der Waals surface area contributed by atoms with Crippen molar-refractivity contribution in [2.45, 2.75) is 19.9 Å². The van der Waals surface area contributed by atoms with E-state index in [0.717, 1.165) is 10.2 Å². The molecule has 0 radical (unpaired) electrons. The van der Waals surface area contributed by atoms with Crippen LogP contribution in [0.1, 0.15) is 18.4 Å². The van der Waals surface area contributed by atoms with Crippen molar-refractivity contribution in [3.05, 3.63) is 23.5 Å². The minimum absolute atomic E-state index is 0.102. The first kappa shape index (κ1) is 15.8. The zero-order chi connectivity index (χ0) is 15.3. The second-order valence-corrected chi connectivity index (χ2v) is 7.19. The summed E-state index contributed by atoms with van der Waals surface area (Å²) in [6, 6.07) is 1.83. The van der Waals surface area contributed by atoms with Gasteiger partial charge in [0, 0.05) is 6.20 Å². The topological polar surface area (TPSA) is 98.2 Å². The number of sulfonamides is 1. The molecule has 0 amide bonds. The number of thiazole rings is 1. The molecular weight excluding hydrogens is 314 g/mol. The maximum Gasteiger partial charge on any atom is 0.306 e. The number of ether oxygens (including phenoxy) is 1. The lowest BCUT2D eigenvalue weighted by Gasteiger charge is -2.04. The molecule has 0 aliphatic heterocycles. The standard InChI is InChI=1S/C12H15N3O4S2/c1-2-19-12(16)4-6-21(17,18)14-8-11-15-9-7-13-5-3-10(9)20-11/h3,5,7,14H,2,4,6,8H2,1H3. The summed E-state index contributed by atoms with van der Waals surface area (Å²) < 4.78 is 31.6. The SMILES string of the molecule is CCOC(=O)CCS(=O)(=O)NCc1nc2cnccc2s1. The van der Waals surface area contributed by atoms with Crippen LogP contribution in [0.3, 0.4) is 0 Å². The van der Waals surface area contributed by atoms with Crippen LogP contribution in [0.25, 0.3) is 10.2 Å². The predicted octanol–water partition coefficient (Wildman–Crippen LogP) is 1.06. The second kappa shape index (κ2) is 6.92. The molecule has 0 aromatic carbocycles. The fourth-order valence-electron chi connectivity index (χ4n) is 1.60. The highest BCUT2D eigenvalue weighted by Gasteiger charge is 2.14. The van der Waals surface area contributed by atoms with E-state index in [1.165, 1.54) is 11.3 Å². The van der Waals surface area contributed by atoms with E-state index in [-0.39, 0.29) is 25.3 Å². The Hall–Kier alpha value is -1.58. The maximum atomic E-state index is 11.8. The van der Waals surface area contributed by atoms with E-state index in [1.807, 2.05) is 6.07 Å². The zero-order valence-electron chi connectivity index (χ0n) is 11.4. The zero-order valence-corrected chi connectivity index (χ0v) is 13.0. The number of fused-ring (bicyclic) bond motifs is 1. The first-order valence-electron chi connectivity index (χ1n) is 6.32. The monoisotopic (exact) mass is 329 g/mol. The van der Waals surface area contributed by atoms with Gasteiger partial charge in [0.05, 0.1) is 41.7 Å². The van der Waals surface area contributed by atoms with Gasteiger partial charge in [0.2, 0.25) is 10.0 Å². The molecule has 7 nitrogen and oxygen atoms in total. The van der Waals surface area contributed by atoms with Gasteiger partial charge in [-0.05, 0) is 13.0 Å². The van der Waals surface area contributed by atoms with Gasteiger partial charge in [-0.25, -0.2) is 18.1 Å². The Balaban J connectivity index is 1.90. The van der Waals surface area contributed by atoms with Gasteiger partial charge in [-0.1, -0.05) is 0 Å². The largest absolute Gasteiger partial charge is 0.466 e. The van der Waals surface area contributed by atoms with Crippen molar-refractivity contribution in [3.8, 4) is 0 Å². The number of nitrogens with zero attached hydrogens (tertiary/aromatic N) is 2. The number of carbonyl (C=O) groups excluding carboxylic acids is 1. The Morgan fingerprint density at radius 1 is 1.48 bits per heavy atom. The van der Waals surface area contributed by atoms with Gasteiger partial charge in [-0.15, -0.1) is 11.3 Å². The van der Waals surface area contributed by atoms with Crippen LogP contribution in [0, 0.1) is 0 Å². The van der Waals surface area contributed by atoms with E-state index in [1.54, 1.807) is 19.3 Å². The van der Waals surface area contributed by atoms with Crippen molar-refractivity contribution in [2.75, 3.05) is 12.4 Å². The average Bonchev–Trinajstić information content (AvgIpc) is 2.87. The van der Waals surface area contributed by atoms with Crippen LogP contribution in [-0.2, 0) is 26.1 Å². The molecule has 114 valence electrons. The summed E-state index contributed by atoms with van der Waals surface area (Å²) >= 11 is 1.40. The molecule has 1 N–H and O–H groups in total. The molecule has 21 heavy (non-hydrogen) atoms. The van der Waals surface area contributed by atoms with E-state index in [9.17, 15) is 13.2 Å². The van der Waals surface area contributed by atoms with E-state index < -0.39 is 16.0 Å². The lowest BCUT2D eigenvalue weighted by Crippen LogP contribution is -2.27. The second-order valence-electron chi connectivity index (χ2n) is 4.15. The summed E-state index contributed by atoms with van der Waals surface area (Å²) in [5.74, 6) is -0.813. The molecular formula is C12H15N3O4S2. The fourth-order valence-corrected chi connectivity index (χ4v) is 3.50. The Labute approximate surface area is 126 Å². The van der Waals surface area contributed by atoms with Crippen molar-refractivity contribution in [3.63, 3.8) is 0 Å². The first-order valence-corrected chi connectivity index (χ1v) is 8.79. The minimum Gasteiger partial charge on any atom is -0.466 e. The van der Waals surface area contributed by atoms with Gasteiger partial charge in [-0.2, -0.15) is 0 Å². The summed E-state index contributed by atoms with van der Waals surface area (Å²) in [4.78, 5) is 19.4. The first-order chi connectivity index (χ1) is 10.00. The van der Waals surface area contributed by atoms with Crippen molar-refractivity contribution in [1.82, 2.24) is 14.7 Å². The van der Waals surface area contributed by atoms with E-state index in [4.69, 9.17) is 4.74 Å². The summed E-state index contributed by atoms with van der Waals surface area (Å²) in [5, 5.41) is 0.651. The summed E-state index contributed by atoms with van der Waals surface area (Å²) in [6.07, 6.45) is 3.13. The van der Waals surface area contributed by atoms with Crippen LogP contribution in [-0.4, -0.2) is 36.7 Å². The lowest BCUT2D eigenvalue weighted by atomic mass is 10.5. The fraction of sp³-hybridized carbons (Fsp3) is 0.417. The van der Waals surface area contributed by atoms with Crippen molar-refractivity contribution in [2.24, 2.45) is 0 Å². The van der Waals surface area contributed by atoms with Crippen LogP contribution in [0.4, 0.5) is 0 Å². The Kier molecular flexibility index (Phi) is 5.21. The molecule has 2 aromatic rings. The van der Waals surface area contributed by atoms with Crippen LogP contribution >= 0.6 is 11.3 Å². The third-order valence-corrected chi connectivity index (χ3v) is 4.92. The van der Waals surface area contributed by atoms with Crippen LogP contribution in [0.5, 0.6) is 0 Å². The molecule has 2 aromatic heterocycles. The lowest BCUT2D eigenvalue weighted by molar-refractivity contribution is -0.142. The molecule has 0 bridgehead atoms. The Morgan fingerprint density at radius 2 is 2.29 bits per heavy atom. The molecule has 0 spiro atoms. The van der Waals surface area contributed by atoms with E-state index in [0.29, 0.717) is 5.01 Å². The van der Waals surface area contributed by atoms with Gasteiger partial charge in [0.25, 0.3) is 0 Å². The number of hydrogen-bond acceptors (Lipinski definition) is 7. The highest BCUT2D eigenvalue weighted by Crippen LogP contribution is 2.20. The highest BCUT2D eigenvalue weighted by molar-refractivity contribution is 7.89.